The number of carboxylic acid groups (broad SMARTS) is 1. The molecule has 78 valence electrons. The van der Waals surface area contributed by atoms with Crippen molar-refractivity contribution in [3.8, 4) is 0 Å². The van der Waals surface area contributed by atoms with Crippen molar-refractivity contribution in [1.82, 2.24) is 4.90 Å². The fourth-order valence-corrected chi connectivity index (χ4v) is 1.38. The van der Waals surface area contributed by atoms with Crippen molar-refractivity contribution in [2.24, 2.45) is 0 Å². The molecule has 1 heterocycles. The SMILES string of the molecule is CS(=O)(=O)OC1=CCN(C(=O)O)C1=N. The predicted octanol–water partition coefficient (Wildman–Crippen LogP) is -0.183. The van der Waals surface area contributed by atoms with E-state index in [0.29, 0.717) is 4.90 Å². The zero-order valence-corrected chi connectivity index (χ0v) is 8.04. The van der Waals surface area contributed by atoms with E-state index in [-0.39, 0.29) is 12.3 Å². The van der Waals surface area contributed by atoms with Crippen molar-refractivity contribution in [3.05, 3.63) is 11.8 Å². The van der Waals surface area contributed by atoms with Gasteiger partial charge in [0.05, 0.1) is 12.8 Å². The summed E-state index contributed by atoms with van der Waals surface area (Å²) in [6, 6.07) is 0. The number of carbonyl (C=O) groups is 1. The number of nitrogens with zero attached hydrogens (tertiary/aromatic N) is 1. The summed E-state index contributed by atoms with van der Waals surface area (Å²) in [5.41, 5.74) is 0. The van der Waals surface area contributed by atoms with Crippen molar-refractivity contribution >= 4 is 22.0 Å². The largest absolute Gasteiger partial charge is 0.465 e. The lowest BCUT2D eigenvalue weighted by molar-refractivity contribution is 0.173. The second kappa shape index (κ2) is 3.29. The first kappa shape index (κ1) is 10.5. The second-order valence-electron chi connectivity index (χ2n) is 2.60. The van der Waals surface area contributed by atoms with Gasteiger partial charge in [0.1, 0.15) is 0 Å². The van der Waals surface area contributed by atoms with Crippen molar-refractivity contribution in [2.45, 2.75) is 0 Å². The van der Waals surface area contributed by atoms with Crippen molar-refractivity contribution < 1.29 is 22.5 Å². The number of amides is 1. The maximum absolute atomic E-state index is 10.7. The Bertz CT molecular complexity index is 410. The van der Waals surface area contributed by atoms with Gasteiger partial charge in [0.15, 0.2) is 11.6 Å². The van der Waals surface area contributed by atoms with Crippen LogP contribution in [-0.2, 0) is 14.3 Å². The first-order valence-electron chi connectivity index (χ1n) is 3.50. The van der Waals surface area contributed by atoms with Crippen LogP contribution in [0.15, 0.2) is 11.8 Å². The molecule has 0 bridgehead atoms. The van der Waals surface area contributed by atoms with Crippen molar-refractivity contribution in [3.63, 3.8) is 0 Å². The van der Waals surface area contributed by atoms with Crippen LogP contribution in [0.5, 0.6) is 0 Å². The summed E-state index contributed by atoms with van der Waals surface area (Å²) in [6.45, 7) is -0.0704. The molecule has 0 fully saturated rings. The van der Waals surface area contributed by atoms with Crippen LogP contribution in [0.3, 0.4) is 0 Å². The Balaban J connectivity index is 2.78. The number of rotatable bonds is 2. The first-order valence-corrected chi connectivity index (χ1v) is 5.32. The third-order valence-corrected chi connectivity index (χ3v) is 1.92. The molecule has 14 heavy (non-hydrogen) atoms. The molecule has 0 aromatic carbocycles. The van der Waals surface area contributed by atoms with Crippen LogP contribution in [0.2, 0.25) is 0 Å². The maximum atomic E-state index is 10.7. The average Bonchev–Trinajstić information content (AvgIpc) is 2.29. The molecule has 2 N–H and O–H groups in total. The van der Waals surface area contributed by atoms with Crippen LogP contribution in [0.4, 0.5) is 4.79 Å². The zero-order chi connectivity index (χ0) is 10.9. The van der Waals surface area contributed by atoms with E-state index in [1.807, 2.05) is 0 Å². The quantitative estimate of drug-likeness (QED) is 0.627. The van der Waals surface area contributed by atoms with Crippen LogP contribution in [-0.4, -0.2) is 43.2 Å². The van der Waals surface area contributed by atoms with Gasteiger partial charge in [0, 0.05) is 0 Å². The molecule has 0 saturated heterocycles. The van der Waals surface area contributed by atoms with Gasteiger partial charge in [-0.15, -0.1) is 0 Å². The smallest absolute Gasteiger partial charge is 0.413 e. The first-order chi connectivity index (χ1) is 6.31. The fourth-order valence-electron chi connectivity index (χ4n) is 0.905. The highest BCUT2D eigenvalue weighted by atomic mass is 32.2. The molecule has 1 aliphatic rings. The third-order valence-electron chi connectivity index (χ3n) is 1.43. The van der Waals surface area contributed by atoms with E-state index in [2.05, 4.69) is 4.18 Å². The third kappa shape index (κ3) is 2.22. The number of nitrogens with one attached hydrogen (secondary N) is 1. The monoisotopic (exact) mass is 220 g/mol. The molecular weight excluding hydrogens is 212 g/mol. The summed E-state index contributed by atoms with van der Waals surface area (Å²) in [6.07, 6.45) is 0.723. The lowest BCUT2D eigenvalue weighted by Crippen LogP contribution is -2.32. The molecule has 0 spiro atoms. The molecule has 0 unspecified atom stereocenters. The van der Waals surface area contributed by atoms with E-state index < -0.39 is 22.0 Å². The summed E-state index contributed by atoms with van der Waals surface area (Å²) in [4.78, 5) is 11.1. The predicted molar refractivity (Wildman–Crippen MR) is 46.5 cm³/mol. The number of hydrogen-bond donors (Lipinski definition) is 2. The fraction of sp³-hybridized carbons (Fsp3) is 0.333. The molecule has 0 aromatic rings. The Labute approximate surface area is 80.2 Å². The van der Waals surface area contributed by atoms with Gasteiger partial charge in [-0.05, 0) is 6.08 Å². The summed E-state index contributed by atoms with van der Waals surface area (Å²) in [5, 5.41) is 15.8. The second-order valence-corrected chi connectivity index (χ2v) is 4.17. The average molecular weight is 220 g/mol. The maximum Gasteiger partial charge on any atom is 0.413 e. The van der Waals surface area contributed by atoms with Crippen LogP contribution < -0.4 is 0 Å². The van der Waals surface area contributed by atoms with Gasteiger partial charge in [0.2, 0.25) is 0 Å². The van der Waals surface area contributed by atoms with E-state index in [4.69, 9.17) is 10.5 Å². The molecule has 1 rings (SSSR count). The van der Waals surface area contributed by atoms with Crippen molar-refractivity contribution in [2.75, 3.05) is 12.8 Å². The molecule has 1 amide bonds. The molecule has 0 atom stereocenters. The van der Waals surface area contributed by atoms with Gasteiger partial charge in [-0.3, -0.25) is 10.3 Å². The molecule has 1 aliphatic heterocycles. The highest BCUT2D eigenvalue weighted by Crippen LogP contribution is 2.14. The molecule has 7 nitrogen and oxygen atoms in total. The number of hydrogen-bond acceptors (Lipinski definition) is 5. The van der Waals surface area contributed by atoms with Gasteiger partial charge in [0.25, 0.3) is 0 Å². The summed E-state index contributed by atoms with van der Waals surface area (Å²) in [7, 11) is -3.72. The zero-order valence-electron chi connectivity index (χ0n) is 7.22. The lowest BCUT2D eigenvalue weighted by atomic mass is 10.5. The Kier molecular flexibility index (Phi) is 2.47. The molecule has 0 aliphatic carbocycles. The highest BCUT2D eigenvalue weighted by molar-refractivity contribution is 7.86. The Hall–Kier alpha value is -1.57. The summed E-state index contributed by atoms with van der Waals surface area (Å²) in [5.74, 6) is -0.724. The minimum atomic E-state index is -3.72. The number of amidine groups is 1. The van der Waals surface area contributed by atoms with Crippen molar-refractivity contribution in [1.29, 1.82) is 5.41 Å². The molecule has 0 radical (unpaired) electrons. The Morgan fingerprint density at radius 2 is 2.29 bits per heavy atom. The minimum absolute atomic E-state index is 0.0704. The summed E-state index contributed by atoms with van der Waals surface area (Å²) >= 11 is 0. The normalized spacial score (nSPS) is 16.8. The van der Waals surface area contributed by atoms with E-state index >= 15 is 0 Å². The van der Waals surface area contributed by atoms with Gasteiger partial charge in [-0.2, -0.15) is 8.42 Å². The standard InChI is InChI=1S/C6H8N2O5S/c1-14(11,12)13-4-2-3-8(5(4)7)6(9)10/h2,7H,3H2,1H3,(H,9,10). The van der Waals surface area contributed by atoms with E-state index in [1.54, 1.807) is 0 Å². The summed E-state index contributed by atoms with van der Waals surface area (Å²) < 4.78 is 25.8. The topological polar surface area (TPSA) is 108 Å². The van der Waals surface area contributed by atoms with Gasteiger partial charge in [-0.1, -0.05) is 0 Å². The van der Waals surface area contributed by atoms with Gasteiger partial charge in [-0.25, -0.2) is 4.79 Å². The molecule has 8 heteroatoms. The Morgan fingerprint density at radius 1 is 1.71 bits per heavy atom. The highest BCUT2D eigenvalue weighted by Gasteiger charge is 2.28. The minimum Gasteiger partial charge on any atom is -0.465 e. The molecular formula is C6H8N2O5S. The van der Waals surface area contributed by atoms with Crippen LogP contribution in [0, 0.1) is 5.41 Å². The van der Waals surface area contributed by atoms with Crippen LogP contribution >= 0.6 is 0 Å². The molecule has 0 aromatic heterocycles. The van der Waals surface area contributed by atoms with E-state index in [1.165, 1.54) is 6.08 Å². The van der Waals surface area contributed by atoms with E-state index in [0.717, 1.165) is 6.26 Å². The Morgan fingerprint density at radius 3 is 2.64 bits per heavy atom. The van der Waals surface area contributed by atoms with Gasteiger partial charge < -0.3 is 9.29 Å². The lowest BCUT2D eigenvalue weighted by Gasteiger charge is -2.11. The van der Waals surface area contributed by atoms with Crippen LogP contribution in [0.1, 0.15) is 0 Å². The van der Waals surface area contributed by atoms with E-state index in [9.17, 15) is 13.2 Å². The molecule has 0 saturated carbocycles. The van der Waals surface area contributed by atoms with Gasteiger partial charge >= 0.3 is 16.2 Å². The van der Waals surface area contributed by atoms with Crippen LogP contribution in [0.25, 0.3) is 0 Å².